The van der Waals surface area contributed by atoms with Crippen LogP contribution in [-0.4, -0.2) is 11.1 Å². The number of carboxylic acid groups (broad SMARTS) is 1. The van der Waals surface area contributed by atoms with Gasteiger partial charge in [0, 0.05) is 6.42 Å². The lowest BCUT2D eigenvalue weighted by atomic mass is 10.2. The second kappa shape index (κ2) is 4.64. The van der Waals surface area contributed by atoms with Crippen molar-refractivity contribution in [2.45, 2.75) is 32.7 Å². The molecule has 4 heteroatoms. The first-order valence-corrected chi connectivity index (χ1v) is 4.46. The summed E-state index contributed by atoms with van der Waals surface area (Å²) in [6, 6.07) is 0. The summed E-state index contributed by atoms with van der Waals surface area (Å²) in [6.07, 6.45) is 6.27. The Morgan fingerprint density at radius 2 is 2.38 bits per heavy atom. The van der Waals surface area contributed by atoms with Gasteiger partial charge in [0.05, 0.1) is 0 Å². The Morgan fingerprint density at radius 3 is 3.00 bits per heavy atom. The number of unbranched alkanes of at least 4 members (excludes halogenated alkanes) is 2. The molecule has 0 amide bonds. The van der Waals surface area contributed by atoms with E-state index in [0.717, 1.165) is 19.3 Å². The molecule has 0 aliphatic carbocycles. The molecule has 0 saturated carbocycles. The highest BCUT2D eigenvalue weighted by Gasteiger charge is 2.21. The molecule has 1 heterocycles. The molecule has 0 atom stereocenters. The van der Waals surface area contributed by atoms with Crippen LogP contribution in [0.5, 0.6) is 0 Å². The van der Waals surface area contributed by atoms with Crippen molar-refractivity contribution in [3.05, 3.63) is 18.4 Å². The Hall–Kier alpha value is -1.32. The summed E-state index contributed by atoms with van der Waals surface area (Å²) >= 11 is 0. The van der Waals surface area contributed by atoms with Crippen molar-refractivity contribution in [1.82, 2.24) is 0 Å². The van der Waals surface area contributed by atoms with Crippen molar-refractivity contribution in [1.29, 1.82) is 0 Å². The first kappa shape index (κ1) is 9.77. The van der Waals surface area contributed by atoms with Crippen LogP contribution in [0.25, 0.3) is 0 Å². The molecule has 0 spiro atoms. The molecule has 4 nitrogen and oxygen atoms in total. The molecule has 0 aliphatic rings. The monoisotopic (exact) mass is 184 g/mol. The molecular formula is C9H14NO3+. The quantitative estimate of drug-likeness (QED) is 0.556. The second-order valence-electron chi connectivity index (χ2n) is 2.91. The zero-order valence-corrected chi connectivity index (χ0v) is 7.69. The largest absolute Gasteiger partial charge is 0.471 e. The standard InChI is InChI=1S/C9H13NO3/c1-2-3-4-5-10-6-7-13-8(10)9(11)12/h6-7H,2-5H2,1H3/p+1. The van der Waals surface area contributed by atoms with Crippen LogP contribution < -0.4 is 4.57 Å². The summed E-state index contributed by atoms with van der Waals surface area (Å²) in [4.78, 5) is 10.6. The van der Waals surface area contributed by atoms with Gasteiger partial charge in [-0.2, -0.15) is 4.57 Å². The summed E-state index contributed by atoms with van der Waals surface area (Å²) in [5.41, 5.74) is 0. The van der Waals surface area contributed by atoms with Gasteiger partial charge in [0.2, 0.25) is 6.20 Å². The maximum absolute atomic E-state index is 10.6. The van der Waals surface area contributed by atoms with Gasteiger partial charge in [0.25, 0.3) is 0 Å². The van der Waals surface area contributed by atoms with Gasteiger partial charge in [-0.1, -0.05) is 13.3 Å². The Kier molecular flexibility index (Phi) is 3.49. The predicted molar refractivity (Wildman–Crippen MR) is 45.4 cm³/mol. The van der Waals surface area contributed by atoms with Gasteiger partial charge in [-0.15, -0.1) is 0 Å². The fraction of sp³-hybridized carbons (Fsp3) is 0.556. The number of aromatic carboxylic acids is 1. The Morgan fingerprint density at radius 1 is 1.62 bits per heavy atom. The van der Waals surface area contributed by atoms with E-state index < -0.39 is 5.97 Å². The highest BCUT2D eigenvalue weighted by atomic mass is 16.4. The number of carbonyl (C=O) groups is 1. The van der Waals surface area contributed by atoms with Gasteiger partial charge in [-0.25, -0.2) is 4.79 Å². The van der Waals surface area contributed by atoms with E-state index in [1.165, 1.54) is 6.26 Å². The molecule has 0 radical (unpaired) electrons. The molecule has 0 unspecified atom stereocenters. The zero-order valence-electron chi connectivity index (χ0n) is 7.69. The lowest BCUT2D eigenvalue weighted by Crippen LogP contribution is -2.37. The van der Waals surface area contributed by atoms with Crippen molar-refractivity contribution in [3.63, 3.8) is 0 Å². The topological polar surface area (TPSA) is 54.3 Å². The first-order valence-electron chi connectivity index (χ1n) is 4.46. The van der Waals surface area contributed by atoms with Gasteiger partial charge in [-0.3, -0.25) is 0 Å². The summed E-state index contributed by atoms with van der Waals surface area (Å²) < 4.78 is 6.44. The molecule has 1 rings (SSSR count). The molecule has 1 aromatic rings. The molecule has 1 aromatic heterocycles. The van der Waals surface area contributed by atoms with Crippen LogP contribution in [0.4, 0.5) is 0 Å². The molecule has 0 aliphatic heterocycles. The number of carboxylic acids is 1. The minimum atomic E-state index is -1.01. The van der Waals surface area contributed by atoms with Crippen LogP contribution in [0.3, 0.4) is 0 Å². The van der Waals surface area contributed by atoms with Crippen molar-refractivity contribution in [2.75, 3.05) is 0 Å². The molecule has 0 saturated heterocycles. The van der Waals surface area contributed by atoms with Gasteiger partial charge in [-0.05, 0) is 6.42 Å². The number of hydrogen-bond acceptors (Lipinski definition) is 2. The highest BCUT2D eigenvalue weighted by Crippen LogP contribution is 1.97. The minimum Gasteiger partial charge on any atom is -0.471 e. The van der Waals surface area contributed by atoms with Crippen molar-refractivity contribution in [2.24, 2.45) is 0 Å². The number of aromatic nitrogens is 1. The molecule has 72 valence electrons. The average Bonchev–Trinajstić information content (AvgIpc) is 2.53. The first-order chi connectivity index (χ1) is 6.25. The zero-order chi connectivity index (χ0) is 9.68. The van der Waals surface area contributed by atoms with Crippen LogP contribution in [0.2, 0.25) is 0 Å². The summed E-state index contributed by atoms with van der Waals surface area (Å²) in [5.74, 6) is -1.00. The molecule has 0 aromatic carbocycles. The van der Waals surface area contributed by atoms with Gasteiger partial charge < -0.3 is 9.52 Å². The Bertz CT molecular complexity index is 280. The lowest BCUT2D eigenvalue weighted by Gasteiger charge is -1.92. The van der Waals surface area contributed by atoms with Crippen LogP contribution in [0.15, 0.2) is 16.9 Å². The summed E-state index contributed by atoms with van der Waals surface area (Å²) in [6.45, 7) is 2.82. The van der Waals surface area contributed by atoms with E-state index in [1.807, 2.05) is 0 Å². The number of nitrogens with zero attached hydrogens (tertiary/aromatic N) is 1. The van der Waals surface area contributed by atoms with E-state index in [0.29, 0.717) is 6.54 Å². The Labute approximate surface area is 76.8 Å². The van der Waals surface area contributed by atoms with E-state index in [9.17, 15) is 4.79 Å². The third-order valence-corrected chi connectivity index (χ3v) is 1.87. The number of rotatable bonds is 5. The van der Waals surface area contributed by atoms with E-state index >= 15 is 0 Å². The maximum Gasteiger partial charge on any atom is 0.461 e. The third kappa shape index (κ3) is 2.57. The molecule has 0 bridgehead atoms. The number of hydrogen-bond donors (Lipinski definition) is 1. The van der Waals surface area contributed by atoms with Gasteiger partial charge >= 0.3 is 11.9 Å². The van der Waals surface area contributed by atoms with Crippen molar-refractivity contribution < 1.29 is 18.9 Å². The van der Waals surface area contributed by atoms with Gasteiger partial charge in [0.1, 0.15) is 0 Å². The van der Waals surface area contributed by atoms with Crippen LogP contribution in [-0.2, 0) is 6.54 Å². The fourth-order valence-corrected chi connectivity index (χ4v) is 1.19. The summed E-state index contributed by atoms with van der Waals surface area (Å²) in [7, 11) is 0. The Balaban J connectivity index is 2.55. The fourth-order valence-electron chi connectivity index (χ4n) is 1.19. The third-order valence-electron chi connectivity index (χ3n) is 1.87. The van der Waals surface area contributed by atoms with E-state index in [4.69, 9.17) is 9.52 Å². The van der Waals surface area contributed by atoms with Crippen LogP contribution in [0.1, 0.15) is 36.9 Å². The number of oxazole rings is 1. The van der Waals surface area contributed by atoms with E-state index in [-0.39, 0.29) is 5.89 Å². The average molecular weight is 184 g/mol. The molecule has 1 N–H and O–H groups in total. The summed E-state index contributed by atoms with van der Waals surface area (Å²) in [5, 5.41) is 8.70. The second-order valence-corrected chi connectivity index (χ2v) is 2.91. The molecular weight excluding hydrogens is 170 g/mol. The minimum absolute atomic E-state index is 0.0103. The van der Waals surface area contributed by atoms with Gasteiger partial charge in [0.15, 0.2) is 12.8 Å². The lowest BCUT2D eigenvalue weighted by molar-refractivity contribution is -0.702. The maximum atomic E-state index is 10.6. The normalized spacial score (nSPS) is 10.2. The predicted octanol–water partition coefficient (Wildman–Crippen LogP) is 1.46. The highest BCUT2D eigenvalue weighted by molar-refractivity contribution is 5.80. The van der Waals surface area contributed by atoms with E-state index in [1.54, 1.807) is 10.8 Å². The SMILES string of the molecule is CCCCC[n+]1ccoc1C(=O)O. The molecule has 13 heavy (non-hydrogen) atoms. The van der Waals surface area contributed by atoms with Crippen molar-refractivity contribution >= 4 is 5.97 Å². The van der Waals surface area contributed by atoms with Crippen LogP contribution in [0, 0.1) is 0 Å². The smallest absolute Gasteiger partial charge is 0.461 e. The number of aryl methyl sites for hydroxylation is 1. The van der Waals surface area contributed by atoms with Crippen LogP contribution >= 0.6 is 0 Å². The van der Waals surface area contributed by atoms with Crippen molar-refractivity contribution in [3.8, 4) is 0 Å². The van der Waals surface area contributed by atoms with E-state index in [2.05, 4.69) is 6.92 Å². The molecule has 0 fully saturated rings.